The molecule has 1 saturated heterocycles. The van der Waals surface area contributed by atoms with Crippen LogP contribution in [0.4, 0.5) is 23.1 Å². The third-order valence-corrected chi connectivity index (χ3v) is 4.44. The number of ether oxygens (including phenoxy) is 1. The van der Waals surface area contributed by atoms with E-state index in [9.17, 15) is 4.79 Å². The molecule has 3 rings (SSSR count). The maximum Gasteiger partial charge on any atom is 0.308 e. The van der Waals surface area contributed by atoms with Crippen LogP contribution >= 0.6 is 0 Å². The highest BCUT2D eigenvalue weighted by molar-refractivity contribution is 5.78. The van der Waals surface area contributed by atoms with E-state index in [1.165, 1.54) is 13.4 Å². The van der Waals surface area contributed by atoms with Crippen molar-refractivity contribution in [3.05, 3.63) is 30.2 Å². The van der Waals surface area contributed by atoms with Gasteiger partial charge in [-0.2, -0.15) is 0 Å². The summed E-state index contributed by atoms with van der Waals surface area (Å²) >= 11 is 0. The predicted octanol–water partition coefficient (Wildman–Crippen LogP) is 1.90. The molecular formula is C17H22N6O2. The summed E-state index contributed by atoms with van der Waals surface area (Å²) in [6.07, 6.45) is 4.64. The second kappa shape index (κ2) is 7.33. The van der Waals surface area contributed by atoms with Gasteiger partial charge in [-0.25, -0.2) is 15.0 Å². The van der Waals surface area contributed by atoms with Gasteiger partial charge in [0.05, 0.1) is 13.0 Å². The number of carbonyl (C=O) groups is 1. The molecule has 25 heavy (non-hydrogen) atoms. The SMILES string of the molecule is COC(=O)C1CCN(c2ncnc(Nc3ncccc3C)c2N)CC1. The molecule has 3 N–H and O–H groups in total. The van der Waals surface area contributed by atoms with Crippen LogP contribution in [-0.2, 0) is 9.53 Å². The zero-order chi connectivity index (χ0) is 17.8. The molecule has 8 nitrogen and oxygen atoms in total. The molecule has 0 atom stereocenters. The minimum Gasteiger partial charge on any atom is -0.469 e. The minimum absolute atomic E-state index is 0.0573. The first-order chi connectivity index (χ1) is 12.1. The van der Waals surface area contributed by atoms with Gasteiger partial charge in [0, 0.05) is 19.3 Å². The van der Waals surface area contributed by atoms with E-state index in [1.54, 1.807) is 6.20 Å². The maximum absolute atomic E-state index is 11.7. The topological polar surface area (TPSA) is 106 Å². The van der Waals surface area contributed by atoms with Crippen LogP contribution in [0.15, 0.2) is 24.7 Å². The number of nitrogen functional groups attached to an aromatic ring is 1. The van der Waals surface area contributed by atoms with Crippen molar-refractivity contribution in [1.82, 2.24) is 15.0 Å². The molecule has 0 amide bonds. The Morgan fingerprint density at radius 3 is 2.72 bits per heavy atom. The number of hydrogen-bond donors (Lipinski definition) is 2. The van der Waals surface area contributed by atoms with E-state index in [0.29, 0.717) is 36.2 Å². The molecule has 0 radical (unpaired) electrons. The second-order valence-corrected chi connectivity index (χ2v) is 6.04. The quantitative estimate of drug-likeness (QED) is 0.811. The van der Waals surface area contributed by atoms with Crippen LogP contribution in [0.25, 0.3) is 0 Å². The Morgan fingerprint density at radius 2 is 2.04 bits per heavy atom. The molecule has 0 saturated carbocycles. The largest absolute Gasteiger partial charge is 0.469 e. The molecule has 0 aliphatic carbocycles. The number of carbonyl (C=O) groups excluding carboxylic acids is 1. The molecule has 3 heterocycles. The molecule has 0 unspecified atom stereocenters. The number of piperidine rings is 1. The average molecular weight is 342 g/mol. The fraction of sp³-hybridized carbons (Fsp3) is 0.412. The number of pyridine rings is 1. The Kier molecular flexibility index (Phi) is 4.97. The number of aromatic nitrogens is 3. The van der Waals surface area contributed by atoms with Gasteiger partial charge < -0.3 is 20.7 Å². The van der Waals surface area contributed by atoms with Gasteiger partial charge in [0.15, 0.2) is 11.6 Å². The molecule has 2 aromatic heterocycles. The second-order valence-electron chi connectivity index (χ2n) is 6.04. The van der Waals surface area contributed by atoms with Gasteiger partial charge in [-0.05, 0) is 31.4 Å². The number of nitrogens with two attached hydrogens (primary N) is 1. The summed E-state index contributed by atoms with van der Waals surface area (Å²) in [6, 6.07) is 3.84. The van der Waals surface area contributed by atoms with Crippen molar-refractivity contribution in [1.29, 1.82) is 0 Å². The Morgan fingerprint density at radius 1 is 1.28 bits per heavy atom. The number of hydrogen-bond acceptors (Lipinski definition) is 8. The Bertz CT molecular complexity index is 759. The molecule has 1 aliphatic rings. The molecule has 8 heteroatoms. The number of esters is 1. The zero-order valence-electron chi connectivity index (χ0n) is 14.4. The highest BCUT2D eigenvalue weighted by atomic mass is 16.5. The third-order valence-electron chi connectivity index (χ3n) is 4.44. The Labute approximate surface area is 146 Å². The van der Waals surface area contributed by atoms with Crippen LogP contribution in [0, 0.1) is 12.8 Å². The van der Waals surface area contributed by atoms with Crippen molar-refractivity contribution in [3.63, 3.8) is 0 Å². The minimum atomic E-state index is -0.150. The fourth-order valence-corrected chi connectivity index (χ4v) is 2.96. The first-order valence-corrected chi connectivity index (χ1v) is 8.22. The highest BCUT2D eigenvalue weighted by Gasteiger charge is 2.27. The predicted molar refractivity (Wildman–Crippen MR) is 95.7 cm³/mol. The Hall–Kier alpha value is -2.90. The lowest BCUT2D eigenvalue weighted by Gasteiger charge is -2.32. The van der Waals surface area contributed by atoms with Crippen LogP contribution in [0.3, 0.4) is 0 Å². The van der Waals surface area contributed by atoms with Gasteiger partial charge in [0.2, 0.25) is 0 Å². The van der Waals surface area contributed by atoms with E-state index in [2.05, 4.69) is 25.2 Å². The lowest BCUT2D eigenvalue weighted by molar-refractivity contribution is -0.146. The van der Waals surface area contributed by atoms with Gasteiger partial charge in [0.25, 0.3) is 0 Å². The van der Waals surface area contributed by atoms with E-state index >= 15 is 0 Å². The normalized spacial score (nSPS) is 15.0. The molecule has 132 valence electrons. The van der Waals surface area contributed by atoms with E-state index < -0.39 is 0 Å². The fourth-order valence-electron chi connectivity index (χ4n) is 2.96. The first kappa shape index (κ1) is 16.9. The summed E-state index contributed by atoms with van der Waals surface area (Å²) in [6.45, 7) is 3.36. The standard InChI is InChI=1S/C17H22N6O2/c1-11-4-3-7-19-14(11)22-15-13(18)16(21-10-20-15)23-8-5-12(6-9-23)17(24)25-2/h3-4,7,10,12H,5-6,8-9,18H2,1-2H3,(H,19,20,21,22). The Balaban J connectivity index is 1.76. The highest BCUT2D eigenvalue weighted by Crippen LogP contribution is 2.31. The molecule has 2 aromatic rings. The van der Waals surface area contributed by atoms with Crippen LogP contribution in [0.2, 0.25) is 0 Å². The zero-order valence-corrected chi connectivity index (χ0v) is 14.4. The van der Waals surface area contributed by atoms with Crippen molar-refractivity contribution in [2.24, 2.45) is 5.92 Å². The molecule has 1 fully saturated rings. The molecule has 0 spiro atoms. The molecule has 1 aliphatic heterocycles. The maximum atomic E-state index is 11.7. The van der Waals surface area contributed by atoms with Crippen molar-refractivity contribution in [2.75, 3.05) is 36.1 Å². The van der Waals surface area contributed by atoms with Crippen molar-refractivity contribution in [2.45, 2.75) is 19.8 Å². The van der Waals surface area contributed by atoms with Crippen LogP contribution in [0.5, 0.6) is 0 Å². The third kappa shape index (κ3) is 3.62. The lowest BCUT2D eigenvalue weighted by atomic mass is 9.97. The number of rotatable bonds is 4. The number of nitrogens with one attached hydrogen (secondary N) is 1. The average Bonchev–Trinajstić information content (AvgIpc) is 2.65. The van der Waals surface area contributed by atoms with Crippen molar-refractivity contribution >= 4 is 29.1 Å². The summed E-state index contributed by atoms with van der Waals surface area (Å²) in [5.74, 6) is 1.71. The summed E-state index contributed by atoms with van der Waals surface area (Å²) in [7, 11) is 1.43. The monoisotopic (exact) mass is 342 g/mol. The molecule has 0 bridgehead atoms. The summed E-state index contributed by atoms with van der Waals surface area (Å²) < 4.78 is 4.83. The van der Waals surface area contributed by atoms with Gasteiger partial charge in [-0.1, -0.05) is 6.07 Å². The number of nitrogens with zero attached hydrogens (tertiary/aromatic N) is 4. The first-order valence-electron chi connectivity index (χ1n) is 8.22. The molecule has 0 aromatic carbocycles. The van der Waals surface area contributed by atoms with E-state index in [1.807, 2.05) is 19.1 Å². The van der Waals surface area contributed by atoms with Gasteiger partial charge in [-0.3, -0.25) is 4.79 Å². The summed E-state index contributed by atoms with van der Waals surface area (Å²) in [5.41, 5.74) is 7.76. The van der Waals surface area contributed by atoms with Crippen LogP contribution in [0.1, 0.15) is 18.4 Å². The van der Waals surface area contributed by atoms with Crippen LogP contribution < -0.4 is 16.0 Å². The number of aryl methyl sites for hydroxylation is 1. The summed E-state index contributed by atoms with van der Waals surface area (Å²) in [4.78, 5) is 26.6. The van der Waals surface area contributed by atoms with Crippen molar-refractivity contribution < 1.29 is 9.53 Å². The van der Waals surface area contributed by atoms with Gasteiger partial charge in [-0.15, -0.1) is 0 Å². The number of anilines is 4. The van der Waals surface area contributed by atoms with E-state index in [0.717, 1.165) is 18.4 Å². The lowest BCUT2D eigenvalue weighted by Crippen LogP contribution is -2.37. The smallest absolute Gasteiger partial charge is 0.308 e. The van der Waals surface area contributed by atoms with E-state index in [-0.39, 0.29) is 11.9 Å². The number of methoxy groups -OCH3 is 1. The summed E-state index contributed by atoms with van der Waals surface area (Å²) in [5, 5.41) is 3.17. The van der Waals surface area contributed by atoms with Crippen molar-refractivity contribution in [3.8, 4) is 0 Å². The van der Waals surface area contributed by atoms with Gasteiger partial charge in [0.1, 0.15) is 17.8 Å². The van der Waals surface area contributed by atoms with Crippen LogP contribution in [-0.4, -0.2) is 41.1 Å². The van der Waals surface area contributed by atoms with E-state index in [4.69, 9.17) is 10.5 Å². The molecular weight excluding hydrogens is 320 g/mol. The van der Waals surface area contributed by atoms with Gasteiger partial charge >= 0.3 is 5.97 Å².